The number of hydrogen-bond donors (Lipinski definition) is 1. The molecule has 3 amide bonds. The van der Waals surface area contributed by atoms with Crippen molar-refractivity contribution in [2.24, 2.45) is 0 Å². The van der Waals surface area contributed by atoms with Gasteiger partial charge in [0.15, 0.2) is 0 Å². The zero-order valence-electron chi connectivity index (χ0n) is 14.1. The number of benzene rings is 2. The van der Waals surface area contributed by atoms with Gasteiger partial charge in [-0.1, -0.05) is 35.9 Å². The van der Waals surface area contributed by atoms with Gasteiger partial charge in [-0.25, -0.2) is 4.79 Å². The Kier molecular flexibility index (Phi) is 4.68. The number of nitrogens with one attached hydrogen (secondary N) is 1. The third-order valence-electron chi connectivity index (χ3n) is 4.27. The van der Waals surface area contributed by atoms with Gasteiger partial charge in [-0.3, -0.25) is 9.69 Å². The number of imide groups is 1. The van der Waals surface area contributed by atoms with Crippen molar-refractivity contribution in [1.82, 2.24) is 10.2 Å². The largest absolute Gasteiger partial charge is 0.492 e. The molecule has 6 heteroatoms. The molecule has 25 heavy (non-hydrogen) atoms. The Bertz CT molecular complexity index is 807. The molecule has 1 aliphatic heterocycles. The Morgan fingerprint density at radius 1 is 1.16 bits per heavy atom. The first-order valence-corrected chi connectivity index (χ1v) is 8.37. The molecule has 0 radical (unpaired) electrons. The number of urea groups is 1. The summed E-state index contributed by atoms with van der Waals surface area (Å²) < 4.78 is 5.64. The fourth-order valence-electron chi connectivity index (χ4n) is 2.84. The summed E-state index contributed by atoms with van der Waals surface area (Å²) in [4.78, 5) is 26.2. The SMILES string of the molecule is Cc1cccc(OCCN2C(=O)NC(C)(c3ccc(Cl)cc3)C2=O)c1. The molecular weight excluding hydrogens is 340 g/mol. The van der Waals surface area contributed by atoms with Gasteiger partial charge < -0.3 is 10.1 Å². The van der Waals surface area contributed by atoms with Crippen LogP contribution in [0.15, 0.2) is 48.5 Å². The maximum absolute atomic E-state index is 12.8. The highest BCUT2D eigenvalue weighted by Gasteiger charge is 2.48. The fourth-order valence-corrected chi connectivity index (χ4v) is 2.96. The molecular formula is C19H19ClN2O3. The van der Waals surface area contributed by atoms with E-state index in [1.54, 1.807) is 31.2 Å². The van der Waals surface area contributed by atoms with E-state index in [0.29, 0.717) is 16.3 Å². The third kappa shape index (κ3) is 3.46. The van der Waals surface area contributed by atoms with Gasteiger partial charge in [0.1, 0.15) is 17.9 Å². The molecule has 1 heterocycles. The van der Waals surface area contributed by atoms with E-state index in [1.165, 1.54) is 4.90 Å². The molecule has 0 aromatic heterocycles. The molecule has 3 rings (SSSR count). The Morgan fingerprint density at radius 3 is 2.56 bits per heavy atom. The summed E-state index contributed by atoms with van der Waals surface area (Å²) in [5, 5.41) is 3.34. The van der Waals surface area contributed by atoms with Crippen LogP contribution in [0.2, 0.25) is 5.02 Å². The number of halogens is 1. The predicted molar refractivity (Wildman–Crippen MR) is 95.7 cm³/mol. The molecule has 1 atom stereocenters. The summed E-state index contributed by atoms with van der Waals surface area (Å²) in [6, 6.07) is 14.1. The van der Waals surface area contributed by atoms with E-state index >= 15 is 0 Å². The van der Waals surface area contributed by atoms with Crippen molar-refractivity contribution in [3.05, 3.63) is 64.7 Å². The standard InChI is InChI=1S/C19H19ClN2O3/c1-13-4-3-5-16(12-13)25-11-10-22-17(23)19(2,21-18(22)24)14-6-8-15(20)9-7-14/h3-9,12H,10-11H2,1-2H3,(H,21,24). The van der Waals surface area contributed by atoms with Crippen molar-refractivity contribution in [3.63, 3.8) is 0 Å². The lowest BCUT2D eigenvalue weighted by Crippen LogP contribution is -2.41. The molecule has 0 spiro atoms. The van der Waals surface area contributed by atoms with Gasteiger partial charge >= 0.3 is 6.03 Å². The van der Waals surface area contributed by atoms with Gasteiger partial charge in [0.25, 0.3) is 5.91 Å². The van der Waals surface area contributed by atoms with Crippen molar-refractivity contribution in [2.45, 2.75) is 19.4 Å². The highest BCUT2D eigenvalue weighted by molar-refractivity contribution is 6.30. The number of nitrogens with zero attached hydrogens (tertiary/aromatic N) is 1. The number of ether oxygens (including phenoxy) is 1. The summed E-state index contributed by atoms with van der Waals surface area (Å²) in [6.45, 7) is 4.08. The number of carbonyl (C=O) groups excluding carboxylic acids is 2. The van der Waals surface area contributed by atoms with Crippen LogP contribution in [0.5, 0.6) is 5.75 Å². The van der Waals surface area contributed by atoms with Crippen molar-refractivity contribution >= 4 is 23.5 Å². The van der Waals surface area contributed by atoms with E-state index in [1.807, 2.05) is 31.2 Å². The molecule has 0 saturated carbocycles. The zero-order valence-corrected chi connectivity index (χ0v) is 14.8. The number of hydrogen-bond acceptors (Lipinski definition) is 3. The van der Waals surface area contributed by atoms with Crippen molar-refractivity contribution in [3.8, 4) is 5.75 Å². The van der Waals surface area contributed by atoms with Gasteiger partial charge in [-0.2, -0.15) is 0 Å². The van der Waals surface area contributed by atoms with Crippen LogP contribution in [-0.2, 0) is 10.3 Å². The summed E-state index contributed by atoms with van der Waals surface area (Å²) in [5.41, 5.74) is 0.686. The monoisotopic (exact) mass is 358 g/mol. The number of carbonyl (C=O) groups is 2. The van der Waals surface area contributed by atoms with Crippen molar-refractivity contribution < 1.29 is 14.3 Å². The van der Waals surface area contributed by atoms with E-state index < -0.39 is 11.6 Å². The average molecular weight is 359 g/mol. The van der Waals surface area contributed by atoms with E-state index in [4.69, 9.17) is 16.3 Å². The average Bonchev–Trinajstić information content (AvgIpc) is 2.79. The summed E-state index contributed by atoms with van der Waals surface area (Å²) in [7, 11) is 0. The van der Waals surface area contributed by atoms with Gasteiger partial charge in [-0.05, 0) is 49.2 Å². The fraction of sp³-hybridized carbons (Fsp3) is 0.263. The van der Waals surface area contributed by atoms with Crippen LogP contribution < -0.4 is 10.1 Å². The lowest BCUT2D eigenvalue weighted by Gasteiger charge is -2.22. The second-order valence-corrected chi connectivity index (χ2v) is 6.62. The molecule has 5 nitrogen and oxygen atoms in total. The molecule has 130 valence electrons. The summed E-state index contributed by atoms with van der Waals surface area (Å²) >= 11 is 5.90. The molecule has 1 unspecified atom stereocenters. The first-order valence-electron chi connectivity index (χ1n) is 8.00. The molecule has 2 aromatic rings. The molecule has 0 bridgehead atoms. The van der Waals surface area contributed by atoms with Gasteiger partial charge in [0.2, 0.25) is 0 Å². The Balaban J connectivity index is 1.68. The van der Waals surface area contributed by atoms with Crippen LogP contribution in [0, 0.1) is 6.92 Å². The molecule has 2 aromatic carbocycles. The smallest absolute Gasteiger partial charge is 0.325 e. The van der Waals surface area contributed by atoms with E-state index in [9.17, 15) is 9.59 Å². The molecule has 1 saturated heterocycles. The second kappa shape index (κ2) is 6.76. The summed E-state index contributed by atoms with van der Waals surface area (Å²) in [6.07, 6.45) is 0. The minimum atomic E-state index is -1.09. The normalized spacial score (nSPS) is 19.9. The van der Waals surface area contributed by atoms with Gasteiger partial charge in [-0.15, -0.1) is 0 Å². The third-order valence-corrected chi connectivity index (χ3v) is 4.52. The number of amides is 3. The van der Waals surface area contributed by atoms with E-state index in [-0.39, 0.29) is 19.1 Å². The van der Waals surface area contributed by atoms with Gasteiger partial charge in [0, 0.05) is 5.02 Å². The molecule has 1 aliphatic rings. The highest BCUT2D eigenvalue weighted by atomic mass is 35.5. The van der Waals surface area contributed by atoms with Crippen LogP contribution in [-0.4, -0.2) is 30.0 Å². The zero-order chi connectivity index (χ0) is 18.0. The van der Waals surface area contributed by atoms with E-state index in [2.05, 4.69) is 5.32 Å². The minimum absolute atomic E-state index is 0.182. The number of aryl methyl sites for hydroxylation is 1. The van der Waals surface area contributed by atoms with Crippen LogP contribution in [0.25, 0.3) is 0 Å². The topological polar surface area (TPSA) is 58.6 Å². The summed E-state index contributed by atoms with van der Waals surface area (Å²) in [5.74, 6) is 0.417. The Labute approximate surface area is 151 Å². The predicted octanol–water partition coefficient (Wildman–Crippen LogP) is 3.49. The maximum Gasteiger partial charge on any atom is 0.325 e. The minimum Gasteiger partial charge on any atom is -0.492 e. The van der Waals surface area contributed by atoms with Crippen LogP contribution in [0.4, 0.5) is 4.79 Å². The quantitative estimate of drug-likeness (QED) is 0.832. The molecule has 1 N–H and O–H groups in total. The lowest BCUT2D eigenvalue weighted by atomic mass is 9.92. The van der Waals surface area contributed by atoms with Crippen molar-refractivity contribution in [1.29, 1.82) is 0 Å². The van der Waals surface area contributed by atoms with E-state index in [0.717, 1.165) is 5.56 Å². The first-order chi connectivity index (χ1) is 11.9. The van der Waals surface area contributed by atoms with Crippen molar-refractivity contribution in [2.75, 3.05) is 13.2 Å². The Hall–Kier alpha value is -2.53. The van der Waals surface area contributed by atoms with Crippen LogP contribution in [0.3, 0.4) is 0 Å². The number of rotatable bonds is 5. The first kappa shape index (κ1) is 17.3. The Morgan fingerprint density at radius 2 is 1.88 bits per heavy atom. The lowest BCUT2D eigenvalue weighted by molar-refractivity contribution is -0.131. The molecule has 1 fully saturated rings. The van der Waals surface area contributed by atoms with Crippen LogP contribution in [0.1, 0.15) is 18.1 Å². The second-order valence-electron chi connectivity index (χ2n) is 6.18. The maximum atomic E-state index is 12.8. The highest BCUT2D eigenvalue weighted by Crippen LogP contribution is 2.29. The van der Waals surface area contributed by atoms with Gasteiger partial charge in [0.05, 0.1) is 6.54 Å². The molecule has 0 aliphatic carbocycles. The van der Waals surface area contributed by atoms with Crippen LogP contribution >= 0.6 is 11.6 Å².